The maximum atomic E-state index is 6.00. The Bertz CT molecular complexity index is 409. The van der Waals surface area contributed by atoms with E-state index >= 15 is 0 Å². The summed E-state index contributed by atoms with van der Waals surface area (Å²) in [6.45, 7) is 10.9. The molecule has 0 spiro atoms. The van der Waals surface area contributed by atoms with Gasteiger partial charge in [0.25, 0.3) is 0 Å². The summed E-state index contributed by atoms with van der Waals surface area (Å²) in [7, 11) is 0. The Morgan fingerprint density at radius 3 is 2.72 bits per heavy atom. The van der Waals surface area contributed by atoms with Crippen LogP contribution in [0.3, 0.4) is 0 Å². The average molecular weight is 249 g/mol. The number of benzene rings is 1. The van der Waals surface area contributed by atoms with Crippen LogP contribution in [0, 0.1) is 13.8 Å². The van der Waals surface area contributed by atoms with Gasteiger partial charge in [-0.25, -0.2) is 0 Å². The molecule has 1 N–H and O–H groups in total. The van der Waals surface area contributed by atoms with Crippen LogP contribution in [0.25, 0.3) is 0 Å². The van der Waals surface area contributed by atoms with Gasteiger partial charge in [0.15, 0.2) is 0 Å². The van der Waals surface area contributed by atoms with Crippen LogP contribution in [0.2, 0.25) is 0 Å². The Kier molecular flexibility index (Phi) is 4.25. The van der Waals surface area contributed by atoms with Crippen molar-refractivity contribution in [1.29, 1.82) is 0 Å². The highest BCUT2D eigenvalue weighted by atomic mass is 16.5. The van der Waals surface area contributed by atoms with Crippen molar-refractivity contribution in [2.24, 2.45) is 0 Å². The molecule has 0 saturated carbocycles. The minimum absolute atomic E-state index is 0.104. The van der Waals surface area contributed by atoms with Gasteiger partial charge in [-0.2, -0.15) is 0 Å². The zero-order valence-electron chi connectivity index (χ0n) is 11.7. The van der Waals surface area contributed by atoms with Crippen LogP contribution in [-0.4, -0.2) is 25.8 Å². The Morgan fingerprint density at radius 2 is 2.11 bits per heavy atom. The molecule has 18 heavy (non-hydrogen) atoms. The smallest absolute Gasteiger partial charge is 0.128 e. The number of nitrogens with one attached hydrogen (secondary N) is 1. The largest absolute Gasteiger partial charge is 0.490 e. The number of hydrogen-bond donors (Lipinski definition) is 1. The topological polar surface area (TPSA) is 30.5 Å². The van der Waals surface area contributed by atoms with Gasteiger partial charge in [-0.05, 0) is 38.8 Å². The number of aryl methyl sites for hydroxylation is 1. The van der Waals surface area contributed by atoms with Crippen molar-refractivity contribution < 1.29 is 9.47 Å². The predicted molar refractivity (Wildman–Crippen MR) is 73.2 cm³/mol. The maximum absolute atomic E-state index is 6.00. The molecule has 1 aliphatic heterocycles. The normalized spacial score (nSPS) is 20.2. The van der Waals surface area contributed by atoms with E-state index < -0.39 is 0 Å². The third-order valence-electron chi connectivity index (χ3n) is 3.34. The molecule has 0 amide bonds. The minimum Gasteiger partial charge on any atom is -0.490 e. The van der Waals surface area contributed by atoms with Crippen molar-refractivity contribution in [3.63, 3.8) is 0 Å². The highest BCUT2D eigenvalue weighted by Crippen LogP contribution is 2.33. The average Bonchev–Trinajstić information content (AvgIpc) is 2.36. The minimum atomic E-state index is 0.104. The van der Waals surface area contributed by atoms with Crippen LogP contribution in [0.4, 0.5) is 0 Å². The molecule has 0 radical (unpaired) electrons. The van der Waals surface area contributed by atoms with E-state index in [4.69, 9.17) is 9.47 Å². The lowest BCUT2D eigenvalue weighted by atomic mass is 10.00. The van der Waals surface area contributed by atoms with Crippen molar-refractivity contribution in [1.82, 2.24) is 5.32 Å². The van der Waals surface area contributed by atoms with E-state index in [-0.39, 0.29) is 12.2 Å². The summed E-state index contributed by atoms with van der Waals surface area (Å²) in [5.74, 6) is 0.999. The second-order valence-electron chi connectivity index (χ2n) is 5.16. The van der Waals surface area contributed by atoms with E-state index in [1.165, 1.54) is 16.7 Å². The van der Waals surface area contributed by atoms with Crippen molar-refractivity contribution in [3.05, 3.63) is 28.8 Å². The fourth-order valence-electron chi connectivity index (χ4n) is 2.22. The summed E-state index contributed by atoms with van der Waals surface area (Å²) >= 11 is 0. The molecule has 3 nitrogen and oxygen atoms in total. The van der Waals surface area contributed by atoms with Gasteiger partial charge in [0.05, 0.1) is 18.8 Å². The molecule has 1 aromatic rings. The van der Waals surface area contributed by atoms with Gasteiger partial charge in [-0.3, -0.25) is 0 Å². The van der Waals surface area contributed by atoms with Crippen LogP contribution in [-0.2, 0) is 4.74 Å². The van der Waals surface area contributed by atoms with Crippen molar-refractivity contribution in [2.45, 2.75) is 39.9 Å². The summed E-state index contributed by atoms with van der Waals surface area (Å²) in [6.07, 6.45) is 0.285. The molecule has 3 heteroatoms. The predicted octanol–water partition coefficient (Wildman–Crippen LogP) is 2.75. The molecule has 1 fully saturated rings. The van der Waals surface area contributed by atoms with E-state index in [9.17, 15) is 0 Å². The van der Waals surface area contributed by atoms with E-state index in [2.05, 4.69) is 45.1 Å². The Balaban J connectivity index is 2.35. The number of morpholine rings is 1. The molecule has 1 aliphatic rings. The fourth-order valence-corrected chi connectivity index (χ4v) is 2.22. The molecule has 1 heterocycles. The Labute approximate surface area is 109 Å². The van der Waals surface area contributed by atoms with Gasteiger partial charge in [0.2, 0.25) is 0 Å². The maximum Gasteiger partial charge on any atom is 0.128 e. The van der Waals surface area contributed by atoms with E-state index in [1.807, 2.05) is 0 Å². The third kappa shape index (κ3) is 2.85. The van der Waals surface area contributed by atoms with Crippen LogP contribution < -0.4 is 10.1 Å². The molecule has 100 valence electrons. The first kappa shape index (κ1) is 13.4. The quantitative estimate of drug-likeness (QED) is 0.893. The molecular formula is C15H23NO2. The Hall–Kier alpha value is -1.06. The first-order valence-electron chi connectivity index (χ1n) is 6.68. The van der Waals surface area contributed by atoms with Crippen LogP contribution in [0.5, 0.6) is 5.75 Å². The molecular weight excluding hydrogens is 226 g/mol. The molecule has 0 aliphatic carbocycles. The van der Waals surface area contributed by atoms with E-state index in [0.29, 0.717) is 0 Å². The third-order valence-corrected chi connectivity index (χ3v) is 3.34. The van der Waals surface area contributed by atoms with Crippen LogP contribution in [0.15, 0.2) is 12.1 Å². The SMILES string of the molecule is Cc1ccc(C2CNCCO2)c(OC(C)C)c1C. The molecule has 0 aromatic heterocycles. The zero-order chi connectivity index (χ0) is 13.1. The van der Waals surface area contributed by atoms with Crippen molar-refractivity contribution >= 4 is 0 Å². The summed E-state index contributed by atoms with van der Waals surface area (Å²) < 4.78 is 11.8. The molecule has 1 saturated heterocycles. The van der Waals surface area contributed by atoms with Gasteiger partial charge in [-0.15, -0.1) is 0 Å². The lowest BCUT2D eigenvalue weighted by molar-refractivity contribution is 0.0252. The lowest BCUT2D eigenvalue weighted by Gasteiger charge is -2.27. The monoisotopic (exact) mass is 249 g/mol. The molecule has 1 aromatic carbocycles. The second kappa shape index (κ2) is 5.72. The van der Waals surface area contributed by atoms with Crippen LogP contribution in [0.1, 0.15) is 36.6 Å². The van der Waals surface area contributed by atoms with Gasteiger partial charge in [-0.1, -0.05) is 12.1 Å². The molecule has 0 bridgehead atoms. The van der Waals surface area contributed by atoms with Gasteiger partial charge < -0.3 is 14.8 Å². The first-order valence-corrected chi connectivity index (χ1v) is 6.68. The summed E-state index contributed by atoms with van der Waals surface area (Å²) in [4.78, 5) is 0. The zero-order valence-corrected chi connectivity index (χ0v) is 11.7. The number of ether oxygens (including phenoxy) is 2. The fraction of sp³-hybridized carbons (Fsp3) is 0.600. The standard InChI is InChI=1S/C15H23NO2/c1-10(2)18-15-12(4)11(3)5-6-13(15)14-9-16-7-8-17-14/h5-6,10,14,16H,7-9H2,1-4H3. The lowest BCUT2D eigenvalue weighted by Crippen LogP contribution is -2.33. The van der Waals surface area contributed by atoms with Crippen molar-refractivity contribution in [2.75, 3.05) is 19.7 Å². The highest BCUT2D eigenvalue weighted by Gasteiger charge is 2.22. The van der Waals surface area contributed by atoms with Crippen molar-refractivity contribution in [3.8, 4) is 5.75 Å². The summed E-state index contributed by atoms with van der Waals surface area (Å²) in [5.41, 5.74) is 3.65. The van der Waals surface area contributed by atoms with Gasteiger partial charge in [0, 0.05) is 18.7 Å². The van der Waals surface area contributed by atoms with Gasteiger partial charge in [0.1, 0.15) is 5.75 Å². The molecule has 2 rings (SSSR count). The van der Waals surface area contributed by atoms with E-state index in [1.54, 1.807) is 0 Å². The number of hydrogen-bond acceptors (Lipinski definition) is 3. The van der Waals surface area contributed by atoms with Crippen LogP contribution >= 0.6 is 0 Å². The first-order chi connectivity index (χ1) is 8.59. The second-order valence-corrected chi connectivity index (χ2v) is 5.16. The summed E-state index contributed by atoms with van der Waals surface area (Å²) in [5, 5.41) is 3.37. The van der Waals surface area contributed by atoms with Gasteiger partial charge >= 0.3 is 0 Å². The Morgan fingerprint density at radius 1 is 1.33 bits per heavy atom. The number of rotatable bonds is 3. The molecule has 1 unspecified atom stereocenters. The molecule has 1 atom stereocenters. The van der Waals surface area contributed by atoms with E-state index in [0.717, 1.165) is 25.4 Å². The highest BCUT2D eigenvalue weighted by molar-refractivity contribution is 5.46. The summed E-state index contributed by atoms with van der Waals surface area (Å²) in [6, 6.07) is 4.29.